The van der Waals surface area contributed by atoms with E-state index in [0.717, 1.165) is 0 Å². The van der Waals surface area contributed by atoms with E-state index in [0.29, 0.717) is 13.0 Å². The van der Waals surface area contributed by atoms with E-state index in [4.69, 9.17) is 14.9 Å². The second-order valence-corrected chi connectivity index (χ2v) is 4.86. The van der Waals surface area contributed by atoms with Crippen molar-refractivity contribution >= 4 is 13.6 Å². The van der Waals surface area contributed by atoms with Crippen molar-refractivity contribution in [2.75, 3.05) is 12.7 Å². The third-order valence-electron chi connectivity index (χ3n) is 2.09. The first-order valence-corrected chi connectivity index (χ1v) is 5.70. The minimum Gasteiger partial charge on any atom is -0.480 e. The molecule has 2 atom stereocenters. The summed E-state index contributed by atoms with van der Waals surface area (Å²) in [5.74, 6) is -1.51. The van der Waals surface area contributed by atoms with Gasteiger partial charge in [0.05, 0.1) is 6.16 Å². The quantitative estimate of drug-likeness (QED) is 0.454. The van der Waals surface area contributed by atoms with Gasteiger partial charge in [-0.3, -0.25) is 9.36 Å². The zero-order valence-electron chi connectivity index (χ0n) is 6.88. The van der Waals surface area contributed by atoms with Gasteiger partial charge in [-0.2, -0.15) is 0 Å². The van der Waals surface area contributed by atoms with Gasteiger partial charge in [-0.15, -0.1) is 0 Å². The SMILES string of the molecule is O=C(O)C1NCCC1CP(=O)(O)O. The standard InChI is InChI=1S/C6H12NO5P/c8-6(9)5-4(1-2-7-5)3-13(10,11)12/h4-5,7H,1-3H2,(H,8,9)(H2,10,11,12). The molecule has 0 aromatic heterocycles. The number of carbonyl (C=O) groups is 1. The molecule has 0 aromatic carbocycles. The van der Waals surface area contributed by atoms with Crippen molar-refractivity contribution < 1.29 is 24.3 Å². The second kappa shape index (κ2) is 3.75. The molecule has 1 heterocycles. The Balaban J connectivity index is 2.59. The molecule has 13 heavy (non-hydrogen) atoms. The van der Waals surface area contributed by atoms with Crippen LogP contribution in [0.4, 0.5) is 0 Å². The van der Waals surface area contributed by atoms with Gasteiger partial charge in [0, 0.05) is 0 Å². The predicted molar refractivity (Wildman–Crippen MR) is 44.4 cm³/mol. The van der Waals surface area contributed by atoms with Gasteiger partial charge in [-0.25, -0.2) is 0 Å². The second-order valence-electron chi connectivity index (χ2n) is 3.17. The van der Waals surface area contributed by atoms with Crippen LogP contribution in [0.15, 0.2) is 0 Å². The normalized spacial score (nSPS) is 29.1. The Kier molecular flexibility index (Phi) is 3.08. The fourth-order valence-electron chi connectivity index (χ4n) is 1.55. The molecule has 76 valence electrons. The highest BCUT2D eigenvalue weighted by Crippen LogP contribution is 2.39. The zero-order chi connectivity index (χ0) is 10.1. The number of carboxylic acid groups (broad SMARTS) is 1. The molecule has 0 amide bonds. The number of hydrogen-bond donors (Lipinski definition) is 4. The summed E-state index contributed by atoms with van der Waals surface area (Å²) >= 11 is 0. The van der Waals surface area contributed by atoms with E-state index >= 15 is 0 Å². The lowest BCUT2D eigenvalue weighted by Crippen LogP contribution is -2.36. The maximum atomic E-state index is 10.6. The van der Waals surface area contributed by atoms with Crippen molar-refractivity contribution in [2.45, 2.75) is 12.5 Å². The maximum absolute atomic E-state index is 10.6. The predicted octanol–water partition coefficient (Wildman–Crippen LogP) is -0.773. The molecular weight excluding hydrogens is 197 g/mol. The highest BCUT2D eigenvalue weighted by atomic mass is 31.2. The summed E-state index contributed by atoms with van der Waals surface area (Å²) in [7, 11) is -4.10. The molecule has 0 spiro atoms. The number of rotatable bonds is 3. The molecule has 0 aromatic rings. The van der Waals surface area contributed by atoms with E-state index in [1.165, 1.54) is 0 Å². The van der Waals surface area contributed by atoms with E-state index in [1.54, 1.807) is 0 Å². The Morgan fingerprint density at radius 1 is 1.54 bits per heavy atom. The topological polar surface area (TPSA) is 107 Å². The third-order valence-corrected chi connectivity index (χ3v) is 3.03. The van der Waals surface area contributed by atoms with E-state index in [9.17, 15) is 9.36 Å². The van der Waals surface area contributed by atoms with Crippen molar-refractivity contribution in [3.63, 3.8) is 0 Å². The van der Waals surface area contributed by atoms with E-state index in [2.05, 4.69) is 5.32 Å². The fourth-order valence-corrected chi connectivity index (χ4v) is 2.55. The summed E-state index contributed by atoms with van der Waals surface area (Å²) in [6.45, 7) is 0.502. The maximum Gasteiger partial charge on any atom is 0.325 e. The molecule has 4 N–H and O–H groups in total. The summed E-state index contributed by atoms with van der Waals surface area (Å²) in [6, 6.07) is -0.812. The minimum absolute atomic E-state index is 0.350. The number of nitrogens with one attached hydrogen (secondary N) is 1. The molecule has 2 unspecified atom stereocenters. The first-order chi connectivity index (χ1) is 5.90. The van der Waals surface area contributed by atoms with E-state index in [1.807, 2.05) is 0 Å². The lowest BCUT2D eigenvalue weighted by Gasteiger charge is -2.15. The van der Waals surface area contributed by atoms with Crippen LogP contribution in [0.5, 0.6) is 0 Å². The Hall–Kier alpha value is -0.420. The lowest BCUT2D eigenvalue weighted by molar-refractivity contribution is -0.139. The molecule has 0 aliphatic carbocycles. The van der Waals surface area contributed by atoms with Crippen molar-refractivity contribution in [3.8, 4) is 0 Å². The van der Waals surface area contributed by atoms with Crippen LogP contribution in [0.25, 0.3) is 0 Å². The Labute approximate surface area is 75.1 Å². The molecule has 6 nitrogen and oxygen atoms in total. The Morgan fingerprint density at radius 3 is 2.62 bits per heavy atom. The highest BCUT2D eigenvalue weighted by molar-refractivity contribution is 7.51. The number of carboxylic acids is 1. The van der Waals surface area contributed by atoms with E-state index in [-0.39, 0.29) is 6.16 Å². The van der Waals surface area contributed by atoms with Crippen LogP contribution < -0.4 is 5.32 Å². The number of hydrogen-bond acceptors (Lipinski definition) is 3. The first-order valence-electron chi connectivity index (χ1n) is 3.91. The van der Waals surface area contributed by atoms with Crippen molar-refractivity contribution in [2.24, 2.45) is 5.92 Å². The van der Waals surface area contributed by atoms with Crippen LogP contribution in [-0.2, 0) is 9.36 Å². The third kappa shape index (κ3) is 3.08. The van der Waals surface area contributed by atoms with Gasteiger partial charge in [-0.1, -0.05) is 0 Å². The summed E-state index contributed by atoms with van der Waals surface area (Å²) in [5, 5.41) is 11.4. The lowest BCUT2D eigenvalue weighted by atomic mass is 10.0. The molecule has 0 saturated carbocycles. The first kappa shape index (κ1) is 10.7. The summed E-state index contributed by atoms with van der Waals surface area (Å²) in [6.07, 6.45) is 0.152. The van der Waals surface area contributed by atoms with Gasteiger partial charge in [0.25, 0.3) is 0 Å². The monoisotopic (exact) mass is 209 g/mol. The molecule has 0 bridgehead atoms. The molecular formula is C6H12NO5P. The van der Waals surface area contributed by atoms with Gasteiger partial charge < -0.3 is 20.2 Å². The Morgan fingerprint density at radius 2 is 2.15 bits per heavy atom. The molecule has 7 heteroatoms. The van der Waals surface area contributed by atoms with Crippen molar-refractivity contribution in [1.29, 1.82) is 0 Å². The molecule has 0 radical (unpaired) electrons. The van der Waals surface area contributed by atoms with Gasteiger partial charge in [-0.05, 0) is 18.9 Å². The molecule has 1 rings (SSSR count). The van der Waals surface area contributed by atoms with Crippen LogP contribution in [0.3, 0.4) is 0 Å². The van der Waals surface area contributed by atoms with Crippen LogP contribution in [0, 0.1) is 5.92 Å². The van der Waals surface area contributed by atoms with Crippen LogP contribution in [0.2, 0.25) is 0 Å². The van der Waals surface area contributed by atoms with Gasteiger partial charge in [0.1, 0.15) is 6.04 Å². The van der Waals surface area contributed by atoms with Gasteiger partial charge >= 0.3 is 13.6 Å². The highest BCUT2D eigenvalue weighted by Gasteiger charge is 2.36. The zero-order valence-corrected chi connectivity index (χ0v) is 7.78. The average Bonchev–Trinajstić information content (AvgIpc) is 2.31. The molecule has 1 aliphatic heterocycles. The summed E-state index contributed by atoms with van der Waals surface area (Å²) in [5.41, 5.74) is 0. The molecule has 1 fully saturated rings. The van der Waals surface area contributed by atoms with Crippen LogP contribution in [0.1, 0.15) is 6.42 Å². The van der Waals surface area contributed by atoms with Gasteiger partial charge in [0.15, 0.2) is 0 Å². The minimum atomic E-state index is -4.10. The fraction of sp³-hybridized carbons (Fsp3) is 0.833. The van der Waals surface area contributed by atoms with E-state index < -0.39 is 25.5 Å². The Bertz CT molecular complexity index is 249. The largest absolute Gasteiger partial charge is 0.480 e. The smallest absolute Gasteiger partial charge is 0.325 e. The number of aliphatic carboxylic acids is 1. The van der Waals surface area contributed by atoms with Crippen molar-refractivity contribution in [3.05, 3.63) is 0 Å². The van der Waals surface area contributed by atoms with Crippen LogP contribution >= 0.6 is 7.60 Å². The molecule has 1 aliphatic rings. The van der Waals surface area contributed by atoms with Gasteiger partial charge in [0.2, 0.25) is 0 Å². The average molecular weight is 209 g/mol. The van der Waals surface area contributed by atoms with Crippen molar-refractivity contribution in [1.82, 2.24) is 5.32 Å². The summed E-state index contributed by atoms with van der Waals surface area (Å²) < 4.78 is 10.6. The summed E-state index contributed by atoms with van der Waals surface area (Å²) in [4.78, 5) is 27.9. The van der Waals surface area contributed by atoms with Crippen LogP contribution in [-0.4, -0.2) is 39.6 Å². The molecule has 1 saturated heterocycles.